The van der Waals surface area contributed by atoms with E-state index in [1.807, 2.05) is 0 Å². The van der Waals surface area contributed by atoms with Gasteiger partial charge >= 0.3 is 29.6 Å². The molecule has 28 heavy (non-hydrogen) atoms. The molecule has 3 N–H and O–H groups in total. The van der Waals surface area contributed by atoms with Crippen LogP contribution in [0.4, 0.5) is 0 Å². The Morgan fingerprint density at radius 3 is 1.64 bits per heavy atom. The maximum absolute atomic E-state index is 10.5. The fraction of sp³-hybridized carbons (Fsp3) is 1.00. The van der Waals surface area contributed by atoms with Crippen LogP contribution in [0.2, 0.25) is 0 Å². The van der Waals surface area contributed by atoms with Gasteiger partial charge in [0.2, 0.25) is 10.4 Å². The van der Waals surface area contributed by atoms with E-state index in [4.69, 9.17) is 5.73 Å². The van der Waals surface area contributed by atoms with E-state index in [-0.39, 0.29) is 42.9 Å². The van der Waals surface area contributed by atoms with Gasteiger partial charge in [0.15, 0.2) is 9.84 Å². The summed E-state index contributed by atoms with van der Waals surface area (Å²) in [5.41, 5.74) is 5.14. The SMILES string of the molecule is C.CCCCN.CCCCNCS(C)(=O)=O.CS(=O)(=O)CCOS(=O)(=O)[O-].[Na+]. The van der Waals surface area contributed by atoms with Crippen LogP contribution in [0.25, 0.3) is 0 Å². The van der Waals surface area contributed by atoms with Crippen LogP contribution in [-0.2, 0) is 34.3 Å². The summed E-state index contributed by atoms with van der Waals surface area (Å²) in [7, 11) is -10.9. The summed E-state index contributed by atoms with van der Waals surface area (Å²) >= 11 is 0. The van der Waals surface area contributed by atoms with E-state index >= 15 is 0 Å². The Bertz CT molecular complexity index is 589. The van der Waals surface area contributed by atoms with E-state index in [1.165, 1.54) is 19.1 Å². The molecule has 0 aliphatic heterocycles. The minimum atomic E-state index is -4.76. The molecule has 0 unspecified atom stereocenters. The summed E-state index contributed by atoms with van der Waals surface area (Å²) < 4.78 is 74.6. The van der Waals surface area contributed by atoms with Crippen LogP contribution in [0.5, 0.6) is 0 Å². The molecule has 0 spiro atoms. The second-order valence-corrected chi connectivity index (χ2v) is 10.9. The van der Waals surface area contributed by atoms with Crippen molar-refractivity contribution in [3.63, 3.8) is 0 Å². The van der Waals surface area contributed by atoms with Gasteiger partial charge in [-0.05, 0) is 25.9 Å². The quantitative estimate of drug-likeness (QED) is 0.137. The zero-order chi connectivity index (χ0) is 21.3. The molecule has 0 bridgehead atoms. The molecule has 0 amide bonds. The summed E-state index contributed by atoms with van der Waals surface area (Å²) in [6, 6.07) is 0. The summed E-state index contributed by atoms with van der Waals surface area (Å²) in [5.74, 6) is -0.374. The van der Waals surface area contributed by atoms with Crippen molar-refractivity contribution in [2.75, 3.05) is 43.8 Å². The van der Waals surface area contributed by atoms with Crippen molar-refractivity contribution in [1.82, 2.24) is 5.32 Å². The fourth-order valence-corrected chi connectivity index (χ4v) is 2.35. The van der Waals surface area contributed by atoms with Crippen LogP contribution in [0.3, 0.4) is 0 Å². The van der Waals surface area contributed by atoms with Gasteiger partial charge in [-0.25, -0.2) is 25.3 Å². The third-order valence-electron chi connectivity index (χ3n) is 2.31. The Morgan fingerprint density at radius 1 is 0.929 bits per heavy atom. The van der Waals surface area contributed by atoms with E-state index in [0.29, 0.717) is 0 Å². The van der Waals surface area contributed by atoms with E-state index in [2.05, 4.69) is 23.3 Å². The smallest absolute Gasteiger partial charge is 0.726 e. The van der Waals surface area contributed by atoms with Crippen molar-refractivity contribution in [3.8, 4) is 0 Å². The van der Waals surface area contributed by atoms with Crippen molar-refractivity contribution in [2.24, 2.45) is 5.73 Å². The van der Waals surface area contributed by atoms with Gasteiger partial charge in [-0.15, -0.1) is 0 Å². The number of hydrogen-bond donors (Lipinski definition) is 2. The third kappa shape index (κ3) is 56.3. The van der Waals surface area contributed by atoms with Crippen molar-refractivity contribution in [2.45, 2.75) is 47.0 Å². The van der Waals surface area contributed by atoms with Crippen molar-refractivity contribution in [3.05, 3.63) is 0 Å². The van der Waals surface area contributed by atoms with Gasteiger partial charge in [0.1, 0.15) is 9.84 Å². The molecule has 170 valence electrons. The van der Waals surface area contributed by atoms with Gasteiger partial charge in [0.05, 0.1) is 18.2 Å². The van der Waals surface area contributed by atoms with Crippen LogP contribution >= 0.6 is 0 Å². The van der Waals surface area contributed by atoms with Gasteiger partial charge in [0, 0.05) is 12.5 Å². The van der Waals surface area contributed by atoms with Crippen LogP contribution in [0.1, 0.15) is 47.0 Å². The molecule has 0 aliphatic carbocycles. The van der Waals surface area contributed by atoms with Gasteiger partial charge in [-0.3, -0.25) is 4.18 Å². The molecule has 0 aromatic rings. The van der Waals surface area contributed by atoms with E-state index < -0.39 is 42.4 Å². The first-order valence-corrected chi connectivity index (χ1v) is 13.5. The Morgan fingerprint density at radius 2 is 1.39 bits per heavy atom. The third-order valence-corrected chi connectivity index (χ3v) is 4.40. The van der Waals surface area contributed by atoms with Crippen molar-refractivity contribution < 1.29 is 63.5 Å². The topological polar surface area (TPSA) is 173 Å². The van der Waals surface area contributed by atoms with E-state index in [9.17, 15) is 29.8 Å². The van der Waals surface area contributed by atoms with Crippen LogP contribution < -0.4 is 40.6 Å². The number of nitrogens with two attached hydrogens (primary N) is 1. The van der Waals surface area contributed by atoms with Gasteiger partial charge in [-0.1, -0.05) is 34.1 Å². The maximum atomic E-state index is 10.5. The Labute approximate surface area is 194 Å². The number of nitrogens with one attached hydrogen (secondary N) is 1. The molecule has 0 aliphatic rings. The zero-order valence-electron chi connectivity index (χ0n) is 16.9. The molecule has 0 fully saturated rings. The van der Waals surface area contributed by atoms with Gasteiger partial charge in [-0.2, -0.15) is 0 Å². The normalized spacial score (nSPS) is 10.9. The van der Waals surface area contributed by atoms with E-state index in [0.717, 1.165) is 32.2 Å². The van der Waals surface area contributed by atoms with Crippen LogP contribution in [-0.4, -0.2) is 73.6 Å². The first kappa shape index (κ1) is 39.2. The Hall–Kier alpha value is 0.690. The second kappa shape index (κ2) is 22.4. The molecule has 0 atom stereocenters. The minimum Gasteiger partial charge on any atom is -0.726 e. The Balaban J connectivity index is -0.0000000968. The summed E-state index contributed by atoms with van der Waals surface area (Å²) in [4.78, 5) is 0. The predicted octanol–water partition coefficient (Wildman–Crippen LogP) is -2.73. The molecule has 0 saturated carbocycles. The summed E-state index contributed by atoms with van der Waals surface area (Å²) in [5, 5.41) is 2.84. The molecule has 0 saturated heterocycles. The molecule has 0 radical (unpaired) electrons. The van der Waals surface area contributed by atoms with Gasteiger partial charge < -0.3 is 15.6 Å². The molecular formula is C14H37N2NaO8S3. The van der Waals surface area contributed by atoms with E-state index in [1.54, 1.807) is 0 Å². The first-order chi connectivity index (χ1) is 11.7. The monoisotopic (exact) mass is 480 g/mol. The molecule has 0 heterocycles. The predicted molar refractivity (Wildman–Crippen MR) is 109 cm³/mol. The van der Waals surface area contributed by atoms with Crippen LogP contribution in [0.15, 0.2) is 0 Å². The average Bonchev–Trinajstić information content (AvgIpc) is 2.42. The number of unbranched alkanes of at least 4 members (excludes halogenated alkanes) is 2. The second-order valence-electron chi connectivity index (χ2n) is 5.43. The minimum absolute atomic E-state index is 0. The molecule has 0 rings (SSSR count). The van der Waals surface area contributed by atoms with Crippen LogP contribution in [0, 0.1) is 0 Å². The number of hydrogen-bond acceptors (Lipinski definition) is 10. The number of sulfone groups is 2. The standard InChI is InChI=1S/C6H15NO2S.C4H11N.C3H8O6S2.CH4.Na/c1-3-4-5-7-6-10(2,8)9;1-2-3-4-5;1-10(4,5)3-2-9-11(6,7)8;;/h7H,3-6H2,1-2H3;2-5H2,1H3;2-3H2,1H3,(H,6,7,8);1H4;/q;;;;+1/p-1. The maximum Gasteiger partial charge on any atom is 1.00 e. The van der Waals surface area contributed by atoms with Gasteiger partial charge in [0.25, 0.3) is 0 Å². The Kier molecular flexibility index (Phi) is 31.3. The average molecular weight is 481 g/mol. The summed E-state index contributed by atoms with van der Waals surface area (Å²) in [6.07, 6.45) is 6.66. The number of rotatable bonds is 11. The largest absolute Gasteiger partial charge is 1.00 e. The molecule has 10 nitrogen and oxygen atoms in total. The molecule has 0 aromatic carbocycles. The fourth-order valence-electron chi connectivity index (χ4n) is 1.05. The van der Waals surface area contributed by atoms with Crippen molar-refractivity contribution in [1.29, 1.82) is 0 Å². The zero-order valence-corrected chi connectivity index (χ0v) is 21.4. The molecule has 0 aromatic heterocycles. The first-order valence-electron chi connectivity index (χ1n) is 8.05. The molecular weight excluding hydrogens is 443 g/mol. The van der Waals surface area contributed by atoms with Crippen molar-refractivity contribution >= 4 is 30.1 Å². The molecule has 14 heteroatoms. The summed E-state index contributed by atoms with van der Waals surface area (Å²) in [6.45, 7) is 5.22.